The fourth-order valence-corrected chi connectivity index (χ4v) is 4.81. The highest BCUT2D eigenvalue weighted by molar-refractivity contribution is 5.89. The Bertz CT molecular complexity index is 1380. The molecule has 0 radical (unpaired) electrons. The molecule has 0 bridgehead atoms. The van der Waals surface area contributed by atoms with Gasteiger partial charge in [0.05, 0.1) is 10.8 Å². The van der Waals surface area contributed by atoms with Crippen LogP contribution in [0.1, 0.15) is 22.3 Å². The van der Waals surface area contributed by atoms with Crippen LogP contribution in [-0.4, -0.2) is 49.1 Å². The van der Waals surface area contributed by atoms with Crippen LogP contribution in [0.4, 0.5) is 0 Å². The van der Waals surface area contributed by atoms with Crippen LogP contribution in [0.2, 0.25) is 0 Å². The summed E-state index contributed by atoms with van der Waals surface area (Å²) in [6.45, 7) is 12.9. The minimum Gasteiger partial charge on any atom is -0.492 e. The monoisotopic (exact) mass is 456 g/mol. The summed E-state index contributed by atoms with van der Waals surface area (Å²) in [4.78, 5) is 17.9. The van der Waals surface area contributed by atoms with Crippen molar-refractivity contribution in [3.05, 3.63) is 87.1 Å². The lowest BCUT2D eigenvalue weighted by atomic mass is 10.1. The van der Waals surface area contributed by atoms with Gasteiger partial charge >= 0.3 is 0 Å². The number of aryl methyl sites for hydroxylation is 2. The molecule has 5 heteroatoms. The van der Waals surface area contributed by atoms with Gasteiger partial charge in [0.25, 0.3) is 0 Å². The number of ether oxygens (including phenoxy) is 1. The summed E-state index contributed by atoms with van der Waals surface area (Å²) in [5.41, 5.74) is 6.24. The first-order valence-electron chi connectivity index (χ1n) is 12.1. The second-order valence-corrected chi connectivity index (χ2v) is 9.43. The van der Waals surface area contributed by atoms with Gasteiger partial charge in [-0.3, -0.25) is 14.6 Å². The van der Waals surface area contributed by atoms with Crippen molar-refractivity contribution in [2.45, 2.75) is 27.3 Å². The summed E-state index contributed by atoms with van der Waals surface area (Å²) in [5.74, 6) is 1.00. The molecule has 1 aliphatic heterocycles. The van der Waals surface area contributed by atoms with E-state index in [-0.39, 0.29) is 5.43 Å². The van der Waals surface area contributed by atoms with E-state index >= 15 is 0 Å². The molecule has 1 aromatic heterocycles. The lowest BCUT2D eigenvalue weighted by Crippen LogP contribution is -2.47. The standard InChI is InChI=1S/C29H32N2O3/c1-20-16-21(2)22(3)28(17-20)33-15-14-30-10-12-31(13-11-30)19-23-8-9-27-25(18-23)29(32)24-6-4-5-7-26(24)34-27/h4-9,16-18H,10-15,19H2,1-3H3. The third-order valence-corrected chi connectivity index (χ3v) is 6.94. The van der Waals surface area contributed by atoms with Crippen molar-refractivity contribution >= 4 is 21.9 Å². The van der Waals surface area contributed by atoms with Gasteiger partial charge in [-0.2, -0.15) is 0 Å². The molecule has 3 aromatic carbocycles. The van der Waals surface area contributed by atoms with E-state index in [2.05, 4.69) is 48.8 Å². The van der Waals surface area contributed by atoms with Crippen molar-refractivity contribution in [2.75, 3.05) is 39.3 Å². The number of hydrogen-bond acceptors (Lipinski definition) is 5. The van der Waals surface area contributed by atoms with Gasteiger partial charge in [-0.1, -0.05) is 24.3 Å². The second-order valence-electron chi connectivity index (χ2n) is 9.43. The lowest BCUT2D eigenvalue weighted by Gasteiger charge is -2.34. The topological polar surface area (TPSA) is 45.9 Å². The van der Waals surface area contributed by atoms with E-state index in [0.717, 1.165) is 50.6 Å². The smallest absolute Gasteiger partial charge is 0.200 e. The fourth-order valence-electron chi connectivity index (χ4n) is 4.81. The first kappa shape index (κ1) is 22.6. The predicted molar refractivity (Wildman–Crippen MR) is 138 cm³/mol. The SMILES string of the molecule is Cc1cc(C)c(C)c(OCCN2CCN(Cc3ccc4oc5ccccc5c(=O)c4c3)CC2)c1. The largest absolute Gasteiger partial charge is 0.492 e. The maximum absolute atomic E-state index is 12.9. The summed E-state index contributed by atoms with van der Waals surface area (Å²) in [6.07, 6.45) is 0. The van der Waals surface area contributed by atoms with Gasteiger partial charge in [0, 0.05) is 39.3 Å². The Hall–Kier alpha value is -3.15. The van der Waals surface area contributed by atoms with Crippen molar-refractivity contribution in [1.82, 2.24) is 9.80 Å². The van der Waals surface area contributed by atoms with Crippen LogP contribution in [0, 0.1) is 20.8 Å². The average Bonchev–Trinajstić information content (AvgIpc) is 2.84. The quantitative estimate of drug-likeness (QED) is 0.379. The summed E-state index contributed by atoms with van der Waals surface area (Å²) >= 11 is 0. The van der Waals surface area contributed by atoms with Gasteiger partial charge in [0.15, 0.2) is 0 Å². The molecular formula is C29H32N2O3. The van der Waals surface area contributed by atoms with Gasteiger partial charge in [-0.15, -0.1) is 0 Å². The highest BCUT2D eigenvalue weighted by Gasteiger charge is 2.18. The van der Waals surface area contributed by atoms with Crippen LogP contribution in [0.15, 0.2) is 63.8 Å². The zero-order valence-electron chi connectivity index (χ0n) is 20.3. The number of fused-ring (bicyclic) bond motifs is 2. The lowest BCUT2D eigenvalue weighted by molar-refractivity contribution is 0.112. The molecule has 0 saturated carbocycles. The average molecular weight is 457 g/mol. The van der Waals surface area contributed by atoms with Crippen LogP contribution < -0.4 is 10.2 Å². The van der Waals surface area contributed by atoms with Gasteiger partial charge in [0.1, 0.15) is 23.5 Å². The Morgan fingerprint density at radius 3 is 2.41 bits per heavy atom. The van der Waals surface area contributed by atoms with E-state index in [0.29, 0.717) is 28.5 Å². The maximum atomic E-state index is 12.9. The molecular weight excluding hydrogens is 424 g/mol. The van der Waals surface area contributed by atoms with Crippen molar-refractivity contribution in [1.29, 1.82) is 0 Å². The van der Waals surface area contributed by atoms with Crippen LogP contribution in [0.25, 0.3) is 21.9 Å². The zero-order chi connectivity index (χ0) is 23.7. The minimum absolute atomic E-state index is 0.0440. The Kier molecular flexibility index (Phi) is 6.40. The van der Waals surface area contributed by atoms with Crippen LogP contribution in [0.3, 0.4) is 0 Å². The molecule has 0 spiro atoms. The maximum Gasteiger partial charge on any atom is 0.200 e. The van der Waals surface area contributed by atoms with E-state index in [1.165, 1.54) is 16.7 Å². The van der Waals surface area contributed by atoms with Gasteiger partial charge in [0.2, 0.25) is 5.43 Å². The highest BCUT2D eigenvalue weighted by Crippen LogP contribution is 2.23. The molecule has 0 aliphatic carbocycles. The van der Waals surface area contributed by atoms with Crippen molar-refractivity contribution in [2.24, 2.45) is 0 Å². The first-order chi connectivity index (χ1) is 16.5. The third-order valence-electron chi connectivity index (χ3n) is 6.94. The first-order valence-corrected chi connectivity index (χ1v) is 12.1. The van der Waals surface area contributed by atoms with Crippen LogP contribution in [-0.2, 0) is 6.54 Å². The molecule has 176 valence electrons. The number of piperazine rings is 1. The molecule has 0 amide bonds. The van der Waals surface area contributed by atoms with E-state index in [1.807, 2.05) is 36.4 Å². The predicted octanol–water partition coefficient (Wildman–Crippen LogP) is 5.07. The van der Waals surface area contributed by atoms with Gasteiger partial charge < -0.3 is 9.15 Å². The number of rotatable bonds is 6. The van der Waals surface area contributed by atoms with E-state index < -0.39 is 0 Å². The molecule has 1 fully saturated rings. The summed E-state index contributed by atoms with van der Waals surface area (Å²) in [6, 6.07) is 17.8. The molecule has 5 nitrogen and oxygen atoms in total. The molecule has 5 rings (SSSR count). The Morgan fingerprint density at radius 2 is 1.59 bits per heavy atom. The summed E-state index contributed by atoms with van der Waals surface area (Å²) in [5, 5.41) is 1.30. The van der Waals surface area contributed by atoms with Gasteiger partial charge in [-0.25, -0.2) is 0 Å². The molecule has 0 atom stereocenters. The highest BCUT2D eigenvalue weighted by atomic mass is 16.5. The summed E-state index contributed by atoms with van der Waals surface area (Å²) < 4.78 is 12.1. The van der Waals surface area contributed by atoms with Crippen molar-refractivity contribution in [3.63, 3.8) is 0 Å². The molecule has 4 aromatic rings. The van der Waals surface area contributed by atoms with E-state index in [9.17, 15) is 4.79 Å². The normalized spacial score (nSPS) is 15.3. The number of benzene rings is 3. The number of hydrogen-bond donors (Lipinski definition) is 0. The van der Waals surface area contributed by atoms with Crippen molar-refractivity contribution in [3.8, 4) is 5.75 Å². The molecule has 1 aliphatic rings. The third kappa shape index (κ3) is 4.72. The van der Waals surface area contributed by atoms with Crippen LogP contribution >= 0.6 is 0 Å². The zero-order valence-corrected chi connectivity index (χ0v) is 20.3. The number of para-hydroxylation sites is 1. The van der Waals surface area contributed by atoms with E-state index in [4.69, 9.17) is 9.15 Å². The second kappa shape index (κ2) is 9.61. The summed E-state index contributed by atoms with van der Waals surface area (Å²) in [7, 11) is 0. The Labute approximate surface area is 200 Å². The Morgan fingerprint density at radius 1 is 0.853 bits per heavy atom. The van der Waals surface area contributed by atoms with E-state index in [1.54, 1.807) is 0 Å². The van der Waals surface area contributed by atoms with Gasteiger partial charge in [-0.05, 0) is 73.4 Å². The van der Waals surface area contributed by atoms with Crippen LogP contribution in [0.5, 0.6) is 5.75 Å². The molecule has 1 saturated heterocycles. The molecule has 2 heterocycles. The molecule has 0 N–H and O–H groups in total. The Balaban J connectivity index is 1.17. The fraction of sp³-hybridized carbons (Fsp3) is 0.345. The number of nitrogens with zero attached hydrogens (tertiary/aromatic N) is 2. The minimum atomic E-state index is 0.0440. The molecule has 34 heavy (non-hydrogen) atoms. The molecule has 0 unspecified atom stereocenters. The van der Waals surface area contributed by atoms with Crippen molar-refractivity contribution < 1.29 is 9.15 Å².